The minimum Gasteiger partial charge on any atom is -0.258 e. The van der Waals surface area contributed by atoms with Crippen molar-refractivity contribution in [3.05, 3.63) is 45.8 Å². The predicted octanol–water partition coefficient (Wildman–Crippen LogP) is 1.49. The maximum atomic E-state index is 13.3. The Morgan fingerprint density at radius 3 is 2.83 bits per heavy atom. The van der Waals surface area contributed by atoms with E-state index in [1.165, 1.54) is 13.0 Å². The van der Waals surface area contributed by atoms with Crippen molar-refractivity contribution < 1.29 is 9.31 Å². The molecule has 0 aliphatic heterocycles. The second-order valence-corrected chi connectivity index (χ2v) is 3.47. The third kappa shape index (κ3) is 1.89. The summed E-state index contributed by atoms with van der Waals surface area (Å²) in [5.41, 5.74) is -0.134. The van der Waals surface area contributed by atoms with Crippen molar-refractivity contribution in [2.24, 2.45) is 0 Å². The average molecular weight is 247 g/mol. The lowest BCUT2D eigenvalue weighted by atomic mass is 10.2. The van der Waals surface area contributed by atoms with E-state index in [0.717, 1.165) is 17.1 Å². The van der Waals surface area contributed by atoms with Crippen LogP contribution in [0.25, 0.3) is 5.69 Å². The Morgan fingerprint density at radius 2 is 2.28 bits per heavy atom. The zero-order valence-corrected chi connectivity index (χ0v) is 9.16. The highest BCUT2D eigenvalue weighted by molar-refractivity contribution is 5.54. The minimum absolute atomic E-state index is 0.0629. The summed E-state index contributed by atoms with van der Waals surface area (Å²) in [4.78, 5) is 13.8. The van der Waals surface area contributed by atoms with Gasteiger partial charge in [0.15, 0.2) is 0 Å². The number of nitro groups is 1. The molecular weight excluding hydrogens is 241 g/mol. The first-order valence-corrected chi connectivity index (χ1v) is 4.79. The van der Waals surface area contributed by atoms with Gasteiger partial charge in [-0.25, -0.2) is 14.1 Å². The summed E-state index contributed by atoms with van der Waals surface area (Å²) in [7, 11) is 0. The Kier molecular flexibility index (Phi) is 2.73. The lowest BCUT2D eigenvalue weighted by Crippen LogP contribution is -2.03. The third-order valence-electron chi connectivity index (χ3n) is 2.29. The molecule has 0 N–H and O–H groups in total. The number of hydrogen-bond donors (Lipinski definition) is 0. The third-order valence-corrected chi connectivity index (χ3v) is 2.29. The molecule has 2 rings (SSSR count). The fourth-order valence-electron chi connectivity index (χ4n) is 1.42. The van der Waals surface area contributed by atoms with Gasteiger partial charge >= 0.3 is 0 Å². The highest BCUT2D eigenvalue weighted by atomic mass is 19.1. The van der Waals surface area contributed by atoms with Crippen LogP contribution < -0.4 is 0 Å². The van der Waals surface area contributed by atoms with Crippen LogP contribution in [0.5, 0.6) is 0 Å². The summed E-state index contributed by atoms with van der Waals surface area (Å²) in [6, 6.07) is 3.80. The van der Waals surface area contributed by atoms with Crippen molar-refractivity contribution in [1.82, 2.24) is 14.8 Å². The van der Waals surface area contributed by atoms with Crippen molar-refractivity contribution in [3.8, 4) is 11.8 Å². The van der Waals surface area contributed by atoms with Gasteiger partial charge in [-0.15, -0.1) is 5.10 Å². The Balaban J connectivity index is 2.66. The first-order chi connectivity index (χ1) is 8.52. The van der Waals surface area contributed by atoms with Crippen molar-refractivity contribution in [2.75, 3.05) is 0 Å². The van der Waals surface area contributed by atoms with E-state index in [1.807, 2.05) is 0 Å². The average Bonchev–Trinajstić information content (AvgIpc) is 2.80. The summed E-state index contributed by atoms with van der Waals surface area (Å²) in [6.07, 6.45) is 1.16. The molecule has 0 fully saturated rings. The molecule has 0 unspecified atom stereocenters. The molecule has 18 heavy (non-hydrogen) atoms. The smallest absolute Gasteiger partial charge is 0.258 e. The second kappa shape index (κ2) is 4.21. The number of benzene rings is 1. The van der Waals surface area contributed by atoms with Gasteiger partial charge in [-0.2, -0.15) is 5.26 Å². The highest BCUT2D eigenvalue weighted by Gasteiger charge is 2.19. The predicted molar refractivity (Wildman–Crippen MR) is 57.4 cm³/mol. The van der Waals surface area contributed by atoms with Crippen molar-refractivity contribution in [1.29, 1.82) is 5.26 Å². The second-order valence-electron chi connectivity index (χ2n) is 3.47. The van der Waals surface area contributed by atoms with Crippen LogP contribution in [0.1, 0.15) is 11.4 Å². The topological polar surface area (TPSA) is 97.6 Å². The number of nitriles is 1. The molecule has 2 aromatic rings. The van der Waals surface area contributed by atoms with Gasteiger partial charge in [0, 0.05) is 0 Å². The number of rotatable bonds is 2. The molecule has 0 bridgehead atoms. The molecule has 1 aromatic heterocycles. The van der Waals surface area contributed by atoms with E-state index in [2.05, 4.69) is 10.1 Å². The summed E-state index contributed by atoms with van der Waals surface area (Å²) in [5, 5.41) is 23.2. The first-order valence-electron chi connectivity index (χ1n) is 4.79. The standard InChI is InChI=1S/C10H6FN5O2/c1-6-2-8(9(16(17)18)3-7(6)11)15-5-13-10(4-12)14-15/h2-3,5H,1H3. The maximum Gasteiger partial charge on any atom is 0.297 e. The van der Waals surface area contributed by atoms with E-state index in [4.69, 9.17) is 5.26 Å². The SMILES string of the molecule is Cc1cc(-n2cnc(C#N)n2)c([N+](=O)[O-])cc1F. The van der Waals surface area contributed by atoms with Crippen LogP contribution in [-0.2, 0) is 0 Å². The molecule has 7 nitrogen and oxygen atoms in total. The monoisotopic (exact) mass is 247 g/mol. The van der Waals surface area contributed by atoms with Crippen LogP contribution in [0.4, 0.5) is 10.1 Å². The molecular formula is C10H6FN5O2. The lowest BCUT2D eigenvalue weighted by Gasteiger charge is -2.04. The van der Waals surface area contributed by atoms with E-state index in [-0.39, 0.29) is 17.1 Å². The van der Waals surface area contributed by atoms with Gasteiger partial charge in [-0.3, -0.25) is 10.1 Å². The van der Waals surface area contributed by atoms with Gasteiger partial charge in [0.2, 0.25) is 0 Å². The zero-order valence-electron chi connectivity index (χ0n) is 9.16. The largest absolute Gasteiger partial charge is 0.297 e. The zero-order chi connectivity index (χ0) is 13.3. The van der Waals surface area contributed by atoms with E-state index in [0.29, 0.717) is 0 Å². The van der Waals surface area contributed by atoms with Crippen LogP contribution in [0.3, 0.4) is 0 Å². The van der Waals surface area contributed by atoms with Gasteiger partial charge in [0.25, 0.3) is 11.5 Å². The van der Waals surface area contributed by atoms with E-state index < -0.39 is 16.4 Å². The Morgan fingerprint density at radius 1 is 1.56 bits per heavy atom. The van der Waals surface area contributed by atoms with Gasteiger partial charge in [0.05, 0.1) is 11.0 Å². The van der Waals surface area contributed by atoms with Crippen LogP contribution in [0.2, 0.25) is 0 Å². The van der Waals surface area contributed by atoms with Crippen LogP contribution in [-0.4, -0.2) is 19.7 Å². The summed E-state index contributed by atoms with van der Waals surface area (Å²) < 4.78 is 14.4. The molecule has 0 aliphatic rings. The van der Waals surface area contributed by atoms with Crippen LogP contribution in [0.15, 0.2) is 18.5 Å². The normalized spacial score (nSPS) is 10.1. The molecule has 0 atom stereocenters. The molecule has 0 saturated heterocycles. The Labute approximate surface area is 100 Å². The number of aromatic nitrogens is 3. The molecule has 0 amide bonds. The molecule has 8 heteroatoms. The van der Waals surface area contributed by atoms with Gasteiger partial charge in [-0.05, 0) is 18.6 Å². The van der Waals surface area contributed by atoms with Gasteiger partial charge in [0.1, 0.15) is 23.9 Å². The molecule has 0 radical (unpaired) electrons. The van der Waals surface area contributed by atoms with E-state index in [9.17, 15) is 14.5 Å². The molecule has 0 aliphatic carbocycles. The summed E-state index contributed by atoms with van der Waals surface area (Å²) in [5.74, 6) is -0.794. The van der Waals surface area contributed by atoms with E-state index in [1.54, 1.807) is 6.07 Å². The Hall–Kier alpha value is -2.82. The van der Waals surface area contributed by atoms with Crippen molar-refractivity contribution in [2.45, 2.75) is 6.92 Å². The quantitative estimate of drug-likeness (QED) is 0.591. The van der Waals surface area contributed by atoms with Crippen LogP contribution >= 0.6 is 0 Å². The summed E-state index contributed by atoms with van der Waals surface area (Å²) in [6.45, 7) is 1.48. The Bertz CT molecular complexity index is 673. The van der Waals surface area contributed by atoms with Crippen LogP contribution in [0, 0.1) is 34.2 Å². The van der Waals surface area contributed by atoms with Crippen molar-refractivity contribution in [3.63, 3.8) is 0 Å². The molecule has 0 saturated carbocycles. The highest BCUT2D eigenvalue weighted by Crippen LogP contribution is 2.25. The van der Waals surface area contributed by atoms with Crippen molar-refractivity contribution >= 4 is 5.69 Å². The summed E-state index contributed by atoms with van der Waals surface area (Å²) >= 11 is 0. The number of hydrogen-bond acceptors (Lipinski definition) is 5. The fraction of sp³-hybridized carbons (Fsp3) is 0.100. The lowest BCUT2D eigenvalue weighted by molar-refractivity contribution is -0.384. The van der Waals surface area contributed by atoms with E-state index >= 15 is 0 Å². The molecule has 90 valence electrons. The first kappa shape index (κ1) is 11.7. The maximum absolute atomic E-state index is 13.3. The number of nitrogens with zero attached hydrogens (tertiary/aromatic N) is 5. The number of aryl methyl sites for hydroxylation is 1. The number of halogens is 1. The van der Waals surface area contributed by atoms with Gasteiger partial charge < -0.3 is 0 Å². The number of nitro benzene ring substituents is 1. The molecule has 1 aromatic carbocycles. The molecule has 1 heterocycles. The minimum atomic E-state index is -0.717. The molecule has 0 spiro atoms. The fourth-order valence-corrected chi connectivity index (χ4v) is 1.42. The van der Waals surface area contributed by atoms with Gasteiger partial charge in [-0.1, -0.05) is 0 Å².